The molecular formula is C15H29N3. The Morgan fingerprint density at radius 1 is 0.944 bits per heavy atom. The minimum absolute atomic E-state index is 1.11. The van der Waals surface area contributed by atoms with Crippen LogP contribution < -0.4 is 0 Å². The molecular weight excluding hydrogens is 222 g/mol. The van der Waals surface area contributed by atoms with E-state index in [-0.39, 0.29) is 0 Å². The highest BCUT2D eigenvalue weighted by molar-refractivity contribution is 5.09. The van der Waals surface area contributed by atoms with Crippen LogP contribution in [0, 0.1) is 0 Å². The van der Waals surface area contributed by atoms with Crippen molar-refractivity contribution in [3.63, 3.8) is 0 Å². The molecule has 1 heterocycles. The summed E-state index contributed by atoms with van der Waals surface area (Å²) in [5, 5.41) is 0. The molecule has 0 saturated carbocycles. The Morgan fingerprint density at radius 3 is 2.06 bits per heavy atom. The average Bonchev–Trinajstić information content (AvgIpc) is 2.45. The lowest BCUT2D eigenvalue weighted by Crippen LogP contribution is -2.31. The smallest absolute Gasteiger partial charge is 0.0270 e. The average molecular weight is 251 g/mol. The SMILES string of the molecule is CC.CCN(C)CCN(C)CCc1ccncc1. The summed E-state index contributed by atoms with van der Waals surface area (Å²) in [7, 11) is 4.35. The first-order valence-corrected chi connectivity index (χ1v) is 6.98. The third-order valence-corrected chi connectivity index (χ3v) is 2.93. The van der Waals surface area contributed by atoms with Gasteiger partial charge in [-0.1, -0.05) is 20.8 Å². The zero-order chi connectivity index (χ0) is 13.8. The van der Waals surface area contributed by atoms with Gasteiger partial charge in [0.15, 0.2) is 0 Å². The van der Waals surface area contributed by atoms with Crippen LogP contribution >= 0.6 is 0 Å². The topological polar surface area (TPSA) is 19.4 Å². The summed E-state index contributed by atoms with van der Waals surface area (Å²) < 4.78 is 0. The highest BCUT2D eigenvalue weighted by atomic mass is 15.2. The van der Waals surface area contributed by atoms with Gasteiger partial charge in [0.25, 0.3) is 0 Å². The van der Waals surface area contributed by atoms with Crippen LogP contribution in [-0.4, -0.2) is 55.1 Å². The van der Waals surface area contributed by atoms with Crippen LogP contribution in [0.4, 0.5) is 0 Å². The van der Waals surface area contributed by atoms with Gasteiger partial charge in [0.2, 0.25) is 0 Å². The summed E-state index contributed by atoms with van der Waals surface area (Å²) >= 11 is 0. The Kier molecular flexibility index (Phi) is 10.6. The van der Waals surface area contributed by atoms with E-state index >= 15 is 0 Å². The molecule has 0 aromatic carbocycles. The Bertz CT molecular complexity index is 274. The number of pyridine rings is 1. The van der Waals surface area contributed by atoms with Gasteiger partial charge < -0.3 is 9.80 Å². The fourth-order valence-corrected chi connectivity index (χ4v) is 1.48. The number of likely N-dealkylation sites (N-methyl/N-ethyl adjacent to an activating group) is 2. The van der Waals surface area contributed by atoms with Crippen LogP contribution in [0.3, 0.4) is 0 Å². The van der Waals surface area contributed by atoms with Crippen LogP contribution in [0.1, 0.15) is 26.3 Å². The molecule has 0 aliphatic rings. The van der Waals surface area contributed by atoms with Crippen molar-refractivity contribution < 1.29 is 0 Å². The monoisotopic (exact) mass is 251 g/mol. The molecule has 0 atom stereocenters. The molecule has 3 heteroatoms. The minimum atomic E-state index is 1.11. The highest BCUT2D eigenvalue weighted by Crippen LogP contribution is 1.98. The lowest BCUT2D eigenvalue weighted by Gasteiger charge is -2.20. The molecule has 0 aliphatic heterocycles. The van der Waals surface area contributed by atoms with Gasteiger partial charge in [-0.25, -0.2) is 0 Å². The largest absolute Gasteiger partial charge is 0.305 e. The zero-order valence-electron chi connectivity index (χ0n) is 12.7. The maximum absolute atomic E-state index is 4.02. The summed E-state index contributed by atoms with van der Waals surface area (Å²) in [5.74, 6) is 0. The zero-order valence-corrected chi connectivity index (χ0v) is 12.7. The van der Waals surface area contributed by atoms with E-state index in [1.165, 1.54) is 5.56 Å². The van der Waals surface area contributed by atoms with Gasteiger partial charge in [-0.15, -0.1) is 0 Å². The van der Waals surface area contributed by atoms with Crippen LogP contribution in [0.25, 0.3) is 0 Å². The number of hydrogen-bond donors (Lipinski definition) is 0. The van der Waals surface area contributed by atoms with Crippen LogP contribution in [0.2, 0.25) is 0 Å². The fraction of sp³-hybridized carbons (Fsp3) is 0.667. The summed E-state index contributed by atoms with van der Waals surface area (Å²) in [6.07, 6.45) is 4.83. The third-order valence-electron chi connectivity index (χ3n) is 2.93. The summed E-state index contributed by atoms with van der Waals surface area (Å²) in [4.78, 5) is 8.74. The van der Waals surface area contributed by atoms with Crippen molar-refractivity contribution in [1.82, 2.24) is 14.8 Å². The Labute approximate surface area is 113 Å². The van der Waals surface area contributed by atoms with Crippen molar-refractivity contribution in [2.24, 2.45) is 0 Å². The molecule has 0 unspecified atom stereocenters. The van der Waals surface area contributed by atoms with E-state index in [1.807, 2.05) is 26.2 Å². The second kappa shape index (κ2) is 11.2. The van der Waals surface area contributed by atoms with E-state index < -0.39 is 0 Å². The van der Waals surface area contributed by atoms with Crippen LogP contribution in [0.5, 0.6) is 0 Å². The Morgan fingerprint density at radius 2 is 1.50 bits per heavy atom. The molecule has 1 aromatic heterocycles. The summed E-state index contributed by atoms with van der Waals surface area (Å²) in [6.45, 7) is 10.7. The first kappa shape index (κ1) is 17.1. The maximum Gasteiger partial charge on any atom is 0.0270 e. The first-order chi connectivity index (χ1) is 8.72. The molecule has 0 radical (unpaired) electrons. The molecule has 104 valence electrons. The van der Waals surface area contributed by atoms with Gasteiger partial charge in [-0.05, 0) is 44.8 Å². The highest BCUT2D eigenvalue weighted by Gasteiger charge is 2.01. The molecule has 0 spiro atoms. The number of aromatic nitrogens is 1. The first-order valence-electron chi connectivity index (χ1n) is 6.98. The molecule has 0 saturated heterocycles. The van der Waals surface area contributed by atoms with Gasteiger partial charge in [-0.2, -0.15) is 0 Å². The van der Waals surface area contributed by atoms with Crippen molar-refractivity contribution in [3.8, 4) is 0 Å². The lowest BCUT2D eigenvalue weighted by atomic mass is 10.2. The molecule has 1 aromatic rings. The van der Waals surface area contributed by atoms with Crippen molar-refractivity contribution in [2.45, 2.75) is 27.2 Å². The van der Waals surface area contributed by atoms with Gasteiger partial charge in [-0.3, -0.25) is 4.98 Å². The normalized spacial score (nSPS) is 10.4. The molecule has 0 N–H and O–H groups in total. The van der Waals surface area contributed by atoms with Gasteiger partial charge in [0.1, 0.15) is 0 Å². The van der Waals surface area contributed by atoms with Gasteiger partial charge in [0.05, 0.1) is 0 Å². The second-order valence-corrected chi connectivity index (χ2v) is 4.30. The quantitative estimate of drug-likeness (QED) is 0.742. The number of hydrogen-bond acceptors (Lipinski definition) is 3. The molecule has 0 bridgehead atoms. The van der Waals surface area contributed by atoms with Gasteiger partial charge >= 0.3 is 0 Å². The Hall–Kier alpha value is -0.930. The number of nitrogens with zero attached hydrogens (tertiary/aromatic N) is 3. The molecule has 0 aliphatic carbocycles. The number of rotatable bonds is 7. The van der Waals surface area contributed by atoms with E-state index in [0.29, 0.717) is 0 Å². The molecule has 18 heavy (non-hydrogen) atoms. The van der Waals surface area contributed by atoms with Crippen LogP contribution in [-0.2, 0) is 6.42 Å². The molecule has 0 fully saturated rings. The van der Waals surface area contributed by atoms with Crippen molar-refractivity contribution in [1.29, 1.82) is 0 Å². The van der Waals surface area contributed by atoms with Gasteiger partial charge in [0, 0.05) is 32.0 Å². The fourth-order valence-electron chi connectivity index (χ4n) is 1.48. The third kappa shape index (κ3) is 8.20. The van der Waals surface area contributed by atoms with Crippen molar-refractivity contribution in [2.75, 3.05) is 40.3 Å². The second-order valence-electron chi connectivity index (χ2n) is 4.30. The molecule has 1 rings (SSSR count). The molecule has 0 amide bonds. The van der Waals surface area contributed by atoms with Crippen LogP contribution in [0.15, 0.2) is 24.5 Å². The van der Waals surface area contributed by atoms with Crippen molar-refractivity contribution >= 4 is 0 Å². The van der Waals surface area contributed by atoms with E-state index in [4.69, 9.17) is 0 Å². The van der Waals surface area contributed by atoms with E-state index in [9.17, 15) is 0 Å². The van der Waals surface area contributed by atoms with E-state index in [2.05, 4.69) is 47.9 Å². The van der Waals surface area contributed by atoms with Crippen molar-refractivity contribution in [3.05, 3.63) is 30.1 Å². The minimum Gasteiger partial charge on any atom is -0.305 e. The summed E-state index contributed by atoms with van der Waals surface area (Å²) in [6, 6.07) is 4.18. The lowest BCUT2D eigenvalue weighted by molar-refractivity contribution is 0.265. The predicted octanol–water partition coefficient (Wildman–Crippen LogP) is 2.53. The molecule has 3 nitrogen and oxygen atoms in total. The predicted molar refractivity (Wildman–Crippen MR) is 80.0 cm³/mol. The summed E-state index contributed by atoms with van der Waals surface area (Å²) in [5.41, 5.74) is 1.37. The standard InChI is InChI=1S/C13H23N3.C2H6/c1-4-15(2)11-12-16(3)10-7-13-5-8-14-9-6-13;1-2/h5-6,8-9H,4,7,10-12H2,1-3H3;1-2H3. The van der Waals surface area contributed by atoms with E-state index in [0.717, 1.165) is 32.6 Å². The van der Waals surface area contributed by atoms with E-state index in [1.54, 1.807) is 0 Å². The Balaban J connectivity index is 0.00000137. The maximum atomic E-state index is 4.02.